The van der Waals surface area contributed by atoms with Crippen molar-refractivity contribution in [1.82, 2.24) is 15.1 Å². The van der Waals surface area contributed by atoms with Crippen LogP contribution in [0.1, 0.15) is 19.5 Å². The van der Waals surface area contributed by atoms with Crippen molar-refractivity contribution in [2.45, 2.75) is 26.3 Å². The van der Waals surface area contributed by atoms with Crippen LogP contribution in [0.25, 0.3) is 0 Å². The number of aryl methyl sites for hydroxylation is 1. The van der Waals surface area contributed by atoms with Gasteiger partial charge in [0.25, 0.3) is 0 Å². The largest absolute Gasteiger partial charge is 0.396 e. The number of likely N-dealkylation sites (N-methyl/N-ethyl adjacent to an activating group) is 1. The summed E-state index contributed by atoms with van der Waals surface area (Å²) in [5.41, 5.74) is 6.29. The zero-order valence-electron chi connectivity index (χ0n) is 8.96. The third kappa shape index (κ3) is 1.57. The monoisotopic (exact) mass is 196 g/mol. The second-order valence-corrected chi connectivity index (χ2v) is 3.75. The number of aromatic nitrogens is 2. The third-order valence-corrected chi connectivity index (χ3v) is 2.29. The second kappa shape index (κ2) is 3.32. The zero-order valence-corrected chi connectivity index (χ0v) is 8.96. The standard InChI is InChI=1S/C9H16N4O/c1-6-7(10)5-13(12-6)9(2,3)8(14)11-4/h5H,10H2,1-4H3,(H,11,14). The molecule has 0 aliphatic rings. The van der Waals surface area contributed by atoms with Gasteiger partial charge in [0, 0.05) is 13.2 Å². The van der Waals surface area contributed by atoms with E-state index in [2.05, 4.69) is 10.4 Å². The van der Waals surface area contributed by atoms with Crippen LogP contribution in [0.2, 0.25) is 0 Å². The Bertz CT molecular complexity index is 334. The van der Waals surface area contributed by atoms with Gasteiger partial charge in [0.2, 0.25) is 5.91 Å². The molecule has 1 amide bonds. The van der Waals surface area contributed by atoms with E-state index in [1.54, 1.807) is 31.8 Å². The maximum Gasteiger partial charge on any atom is 0.247 e. The fourth-order valence-corrected chi connectivity index (χ4v) is 1.17. The summed E-state index contributed by atoms with van der Waals surface area (Å²) in [5, 5.41) is 6.77. The molecule has 78 valence electrons. The number of anilines is 1. The molecule has 0 aromatic carbocycles. The first-order valence-corrected chi connectivity index (χ1v) is 4.44. The quantitative estimate of drug-likeness (QED) is 0.712. The van der Waals surface area contributed by atoms with E-state index >= 15 is 0 Å². The van der Waals surface area contributed by atoms with E-state index in [4.69, 9.17) is 5.73 Å². The molecule has 0 radical (unpaired) electrons. The van der Waals surface area contributed by atoms with Gasteiger partial charge in [-0.1, -0.05) is 0 Å². The molecule has 1 rings (SSSR count). The molecule has 14 heavy (non-hydrogen) atoms. The Hall–Kier alpha value is -1.52. The van der Waals surface area contributed by atoms with Crippen LogP contribution in [0, 0.1) is 6.92 Å². The summed E-state index contributed by atoms with van der Waals surface area (Å²) in [6, 6.07) is 0. The van der Waals surface area contributed by atoms with E-state index in [1.165, 1.54) is 0 Å². The summed E-state index contributed by atoms with van der Waals surface area (Å²) >= 11 is 0. The minimum atomic E-state index is -0.711. The average molecular weight is 196 g/mol. The highest BCUT2D eigenvalue weighted by Crippen LogP contribution is 2.18. The van der Waals surface area contributed by atoms with Gasteiger partial charge in [0.15, 0.2) is 0 Å². The van der Waals surface area contributed by atoms with Crippen molar-refractivity contribution in [2.75, 3.05) is 12.8 Å². The number of nitrogen functional groups attached to an aromatic ring is 1. The van der Waals surface area contributed by atoms with E-state index in [9.17, 15) is 4.79 Å². The first kappa shape index (κ1) is 10.6. The van der Waals surface area contributed by atoms with Crippen LogP contribution in [0.5, 0.6) is 0 Å². The topological polar surface area (TPSA) is 72.9 Å². The molecule has 0 spiro atoms. The minimum Gasteiger partial charge on any atom is -0.396 e. The van der Waals surface area contributed by atoms with Crippen molar-refractivity contribution in [1.29, 1.82) is 0 Å². The molecule has 0 saturated heterocycles. The van der Waals surface area contributed by atoms with Crippen LogP contribution in [0.15, 0.2) is 6.20 Å². The van der Waals surface area contributed by atoms with Crippen molar-refractivity contribution in [2.24, 2.45) is 0 Å². The van der Waals surface area contributed by atoms with Gasteiger partial charge in [-0.15, -0.1) is 0 Å². The maximum absolute atomic E-state index is 11.5. The minimum absolute atomic E-state index is 0.0972. The van der Waals surface area contributed by atoms with E-state index in [0.717, 1.165) is 5.69 Å². The van der Waals surface area contributed by atoms with Gasteiger partial charge in [-0.05, 0) is 20.8 Å². The van der Waals surface area contributed by atoms with Crippen LogP contribution in [-0.4, -0.2) is 22.7 Å². The fraction of sp³-hybridized carbons (Fsp3) is 0.556. The Balaban J connectivity index is 3.09. The number of rotatable bonds is 2. The Labute approximate surface area is 83.3 Å². The normalized spacial score (nSPS) is 11.4. The lowest BCUT2D eigenvalue weighted by Crippen LogP contribution is -2.43. The molecule has 1 heterocycles. The number of nitrogens with two attached hydrogens (primary N) is 1. The number of nitrogens with one attached hydrogen (secondary N) is 1. The van der Waals surface area contributed by atoms with Crippen LogP contribution in [0.4, 0.5) is 5.69 Å². The van der Waals surface area contributed by atoms with E-state index in [1.807, 2.05) is 6.92 Å². The number of hydrogen-bond acceptors (Lipinski definition) is 3. The molecule has 0 fully saturated rings. The highest BCUT2D eigenvalue weighted by molar-refractivity contribution is 5.83. The van der Waals surface area contributed by atoms with Crippen molar-refractivity contribution in [3.8, 4) is 0 Å². The van der Waals surface area contributed by atoms with Crippen molar-refractivity contribution in [3.05, 3.63) is 11.9 Å². The lowest BCUT2D eigenvalue weighted by Gasteiger charge is -2.22. The molecule has 0 unspecified atom stereocenters. The van der Waals surface area contributed by atoms with Crippen molar-refractivity contribution >= 4 is 11.6 Å². The Morgan fingerprint density at radius 1 is 1.64 bits per heavy atom. The number of carbonyl (C=O) groups is 1. The molecule has 5 nitrogen and oxygen atoms in total. The van der Waals surface area contributed by atoms with Gasteiger partial charge in [0.05, 0.1) is 11.4 Å². The molecule has 0 aliphatic heterocycles. The van der Waals surface area contributed by atoms with Gasteiger partial charge in [-0.3, -0.25) is 9.48 Å². The molecular formula is C9H16N4O. The molecule has 0 bridgehead atoms. The van der Waals surface area contributed by atoms with E-state index in [0.29, 0.717) is 5.69 Å². The Morgan fingerprint density at radius 3 is 2.57 bits per heavy atom. The molecule has 0 saturated carbocycles. The van der Waals surface area contributed by atoms with Crippen molar-refractivity contribution in [3.63, 3.8) is 0 Å². The molecule has 1 aromatic heterocycles. The Morgan fingerprint density at radius 2 is 2.21 bits per heavy atom. The SMILES string of the molecule is CNC(=O)C(C)(C)n1cc(N)c(C)n1. The molecule has 3 N–H and O–H groups in total. The smallest absolute Gasteiger partial charge is 0.247 e. The van der Waals surface area contributed by atoms with Gasteiger partial charge in [-0.25, -0.2) is 0 Å². The summed E-state index contributed by atoms with van der Waals surface area (Å²) in [6.07, 6.45) is 1.67. The van der Waals surface area contributed by atoms with Crippen molar-refractivity contribution < 1.29 is 4.79 Å². The lowest BCUT2D eigenvalue weighted by molar-refractivity contribution is -0.128. The Kier molecular flexibility index (Phi) is 2.51. The molecule has 0 aliphatic carbocycles. The van der Waals surface area contributed by atoms with Crippen LogP contribution < -0.4 is 11.1 Å². The zero-order chi connectivity index (χ0) is 10.9. The lowest BCUT2D eigenvalue weighted by atomic mass is 10.1. The second-order valence-electron chi connectivity index (χ2n) is 3.75. The van der Waals surface area contributed by atoms with Crippen LogP contribution >= 0.6 is 0 Å². The molecule has 1 aromatic rings. The summed E-state index contributed by atoms with van der Waals surface area (Å²) in [6.45, 7) is 5.39. The number of amides is 1. The van der Waals surface area contributed by atoms with Gasteiger partial charge in [0.1, 0.15) is 5.54 Å². The predicted molar refractivity (Wildman–Crippen MR) is 54.8 cm³/mol. The maximum atomic E-state index is 11.5. The highest BCUT2D eigenvalue weighted by atomic mass is 16.2. The third-order valence-electron chi connectivity index (χ3n) is 2.29. The summed E-state index contributed by atoms with van der Waals surface area (Å²) < 4.78 is 1.58. The average Bonchev–Trinajstić information content (AvgIpc) is 2.46. The summed E-state index contributed by atoms with van der Waals surface area (Å²) in [4.78, 5) is 11.5. The summed E-state index contributed by atoms with van der Waals surface area (Å²) in [7, 11) is 1.60. The number of carbonyl (C=O) groups excluding carboxylic acids is 1. The molecule has 5 heteroatoms. The highest BCUT2D eigenvalue weighted by Gasteiger charge is 2.29. The number of nitrogens with zero attached hydrogens (tertiary/aromatic N) is 2. The van der Waals surface area contributed by atoms with Crippen LogP contribution in [-0.2, 0) is 10.3 Å². The van der Waals surface area contributed by atoms with Crippen LogP contribution in [0.3, 0.4) is 0 Å². The van der Waals surface area contributed by atoms with E-state index in [-0.39, 0.29) is 5.91 Å². The first-order valence-electron chi connectivity index (χ1n) is 4.44. The first-order chi connectivity index (χ1) is 6.39. The number of hydrogen-bond donors (Lipinski definition) is 2. The molecule has 0 atom stereocenters. The molecular weight excluding hydrogens is 180 g/mol. The van der Waals surface area contributed by atoms with E-state index < -0.39 is 5.54 Å². The summed E-state index contributed by atoms with van der Waals surface area (Å²) in [5.74, 6) is -0.0972. The predicted octanol–water partition coefficient (Wildman–Crippen LogP) is 0.255. The fourth-order valence-electron chi connectivity index (χ4n) is 1.17. The van der Waals surface area contributed by atoms with Gasteiger partial charge in [-0.2, -0.15) is 5.10 Å². The van der Waals surface area contributed by atoms with Gasteiger partial charge >= 0.3 is 0 Å². The van der Waals surface area contributed by atoms with Gasteiger partial charge < -0.3 is 11.1 Å².